The molecule has 2 aliphatic rings. The fourth-order valence-electron chi connectivity index (χ4n) is 2.46. The quantitative estimate of drug-likeness (QED) is 0.603. The van der Waals surface area contributed by atoms with Crippen LogP contribution >= 0.6 is 0 Å². The van der Waals surface area contributed by atoms with Gasteiger partial charge in [0.1, 0.15) is 0 Å². The Labute approximate surface area is 89.9 Å². The molecule has 0 aromatic heterocycles. The first-order chi connectivity index (χ1) is 7.24. The van der Waals surface area contributed by atoms with E-state index in [0.717, 1.165) is 38.8 Å². The van der Waals surface area contributed by atoms with Crippen molar-refractivity contribution >= 4 is 5.91 Å². The van der Waals surface area contributed by atoms with Gasteiger partial charge in [-0.2, -0.15) is 0 Å². The molecule has 5 nitrogen and oxygen atoms in total. The van der Waals surface area contributed by atoms with Crippen molar-refractivity contribution in [3.8, 4) is 0 Å². The van der Waals surface area contributed by atoms with Crippen LogP contribution in [0.4, 0.5) is 0 Å². The molecule has 0 bridgehead atoms. The molecule has 2 saturated heterocycles. The molecule has 0 aromatic carbocycles. The number of nitrogens with one attached hydrogen (secondary N) is 1. The normalized spacial score (nSPS) is 33.4. The molecule has 2 heterocycles. The third-order valence-electron chi connectivity index (χ3n) is 3.34. The average molecular weight is 210 g/mol. The predicted octanol–water partition coefficient (Wildman–Crippen LogP) is -0.316. The smallest absolute Gasteiger partial charge is 0.245 e. The third kappa shape index (κ3) is 1.88. The van der Waals surface area contributed by atoms with Gasteiger partial charge in [-0.25, -0.2) is 10.0 Å². The summed E-state index contributed by atoms with van der Waals surface area (Å²) in [5.41, 5.74) is 9.06. The van der Waals surface area contributed by atoms with Gasteiger partial charge in [-0.05, 0) is 19.3 Å². The monoisotopic (exact) mass is 210 g/mol. The van der Waals surface area contributed by atoms with Crippen LogP contribution in [0.25, 0.3) is 5.53 Å². The van der Waals surface area contributed by atoms with E-state index in [4.69, 9.17) is 5.53 Å². The van der Waals surface area contributed by atoms with Crippen molar-refractivity contribution in [2.45, 2.75) is 38.8 Å². The van der Waals surface area contributed by atoms with Crippen LogP contribution in [0.5, 0.6) is 0 Å². The molecule has 2 aliphatic heterocycles. The highest BCUT2D eigenvalue weighted by atomic mass is 16.2. The Morgan fingerprint density at radius 3 is 2.67 bits per heavy atom. The number of hydrazine groups is 1. The van der Waals surface area contributed by atoms with Gasteiger partial charge in [-0.15, -0.1) is 0 Å². The number of hydrogen-bond donors (Lipinski definition) is 1. The minimum atomic E-state index is -0.230. The van der Waals surface area contributed by atoms with Crippen LogP contribution in [0.2, 0.25) is 0 Å². The van der Waals surface area contributed by atoms with Gasteiger partial charge in [0.25, 0.3) is 0 Å². The van der Waals surface area contributed by atoms with Gasteiger partial charge >= 0.3 is 0 Å². The summed E-state index contributed by atoms with van der Waals surface area (Å²) in [6, 6.07) is 0. The zero-order valence-electron chi connectivity index (χ0n) is 9.15. The van der Waals surface area contributed by atoms with Crippen LogP contribution in [-0.4, -0.2) is 35.2 Å². The van der Waals surface area contributed by atoms with Crippen molar-refractivity contribution in [2.24, 2.45) is 5.92 Å². The van der Waals surface area contributed by atoms with Crippen molar-refractivity contribution in [1.29, 1.82) is 0 Å². The molecule has 0 radical (unpaired) electrons. The van der Waals surface area contributed by atoms with Gasteiger partial charge in [-0.3, -0.25) is 4.79 Å². The van der Waals surface area contributed by atoms with Gasteiger partial charge in [0.05, 0.1) is 0 Å². The summed E-state index contributed by atoms with van der Waals surface area (Å²) in [6.07, 6.45) is 3.62. The number of hydrogen-bond acceptors (Lipinski definition) is 2. The molecule has 0 aromatic rings. The minimum Gasteiger partial charge on any atom is -0.507 e. The van der Waals surface area contributed by atoms with Gasteiger partial charge in [0, 0.05) is 25.4 Å². The summed E-state index contributed by atoms with van der Waals surface area (Å²) in [5, 5.41) is 6.04. The van der Waals surface area contributed by atoms with E-state index >= 15 is 0 Å². The largest absolute Gasteiger partial charge is 0.507 e. The summed E-state index contributed by atoms with van der Waals surface area (Å²) in [6.45, 7) is 3.82. The predicted molar refractivity (Wildman–Crippen MR) is 54.2 cm³/mol. The lowest BCUT2D eigenvalue weighted by atomic mass is 10.1. The van der Waals surface area contributed by atoms with E-state index in [1.54, 1.807) is 5.01 Å². The molecule has 1 N–H and O–H groups in total. The van der Waals surface area contributed by atoms with E-state index in [-0.39, 0.29) is 18.0 Å². The molecular weight excluding hydrogens is 192 g/mol. The Morgan fingerprint density at radius 2 is 2.00 bits per heavy atom. The summed E-state index contributed by atoms with van der Waals surface area (Å²) >= 11 is 0. The Kier molecular flexibility index (Phi) is 3.00. The number of rotatable bonds is 1. The van der Waals surface area contributed by atoms with Crippen LogP contribution < -0.4 is 5.11 Å². The molecule has 15 heavy (non-hydrogen) atoms. The topological polar surface area (TPSA) is 59.8 Å². The summed E-state index contributed by atoms with van der Waals surface area (Å²) in [5.74, 6) is 0.211. The highest BCUT2D eigenvalue weighted by molar-refractivity contribution is 5.78. The average Bonchev–Trinajstić information content (AvgIpc) is 2.40. The second kappa shape index (κ2) is 4.26. The number of nitrogens with zero attached hydrogens (tertiary/aromatic N) is 3. The Balaban J connectivity index is 2.22. The van der Waals surface area contributed by atoms with E-state index in [0.29, 0.717) is 0 Å². The summed E-state index contributed by atoms with van der Waals surface area (Å²) < 4.78 is 0. The van der Waals surface area contributed by atoms with Crippen LogP contribution in [0, 0.1) is 5.92 Å². The Morgan fingerprint density at radius 1 is 1.33 bits per heavy atom. The lowest BCUT2D eigenvalue weighted by Gasteiger charge is -2.39. The van der Waals surface area contributed by atoms with Gasteiger partial charge in [0.15, 0.2) is 0 Å². The zero-order valence-corrected chi connectivity index (χ0v) is 9.15. The summed E-state index contributed by atoms with van der Waals surface area (Å²) in [7, 11) is 0. The fraction of sp³-hybridized carbons (Fsp3) is 0.900. The van der Waals surface area contributed by atoms with E-state index < -0.39 is 0 Å². The first-order valence-corrected chi connectivity index (χ1v) is 5.71. The molecule has 2 rings (SSSR count). The molecule has 5 heteroatoms. The summed E-state index contributed by atoms with van der Waals surface area (Å²) in [4.78, 5) is 12.1. The standard InChI is InChI=1S/C10H18N4O/c1-8-4-2-6-13-7-3-5-9(12-11)14(13)10(8)15/h8-9,12H,2-7H2,1H3. The maximum Gasteiger partial charge on any atom is 0.245 e. The maximum absolute atomic E-state index is 12.1. The number of amides is 1. The van der Waals surface area contributed by atoms with Crippen molar-refractivity contribution in [1.82, 2.24) is 10.0 Å². The van der Waals surface area contributed by atoms with Gasteiger partial charge in [-0.1, -0.05) is 6.92 Å². The van der Waals surface area contributed by atoms with E-state index in [1.165, 1.54) is 0 Å². The molecule has 2 atom stereocenters. The number of carbonyl (C=O) groups excluding carboxylic acids is 1. The van der Waals surface area contributed by atoms with Crippen molar-refractivity contribution in [2.75, 3.05) is 13.1 Å². The number of carbonyl (C=O) groups is 1. The van der Waals surface area contributed by atoms with Crippen LogP contribution in [0.1, 0.15) is 32.6 Å². The molecule has 2 fully saturated rings. The molecule has 0 aliphatic carbocycles. The van der Waals surface area contributed by atoms with Crippen molar-refractivity contribution in [3.05, 3.63) is 5.53 Å². The van der Waals surface area contributed by atoms with E-state index in [2.05, 4.69) is 10.1 Å². The van der Waals surface area contributed by atoms with Gasteiger partial charge < -0.3 is 10.6 Å². The van der Waals surface area contributed by atoms with Crippen LogP contribution in [-0.2, 0) is 4.79 Å². The highest BCUT2D eigenvalue weighted by Crippen LogP contribution is 2.23. The first kappa shape index (κ1) is 10.5. The van der Waals surface area contributed by atoms with E-state index in [9.17, 15) is 4.79 Å². The molecule has 0 spiro atoms. The van der Waals surface area contributed by atoms with E-state index in [1.807, 2.05) is 6.92 Å². The highest BCUT2D eigenvalue weighted by Gasteiger charge is 2.38. The van der Waals surface area contributed by atoms with Crippen LogP contribution in [0.15, 0.2) is 0 Å². The lowest BCUT2D eigenvalue weighted by molar-refractivity contribution is -0.567. The molecule has 2 unspecified atom stereocenters. The lowest BCUT2D eigenvalue weighted by Crippen LogP contribution is -2.81. The van der Waals surface area contributed by atoms with Crippen molar-refractivity contribution < 1.29 is 9.91 Å². The van der Waals surface area contributed by atoms with Crippen LogP contribution in [0.3, 0.4) is 0 Å². The molecular formula is C10H18N4O. The molecule has 0 saturated carbocycles. The first-order valence-electron chi connectivity index (χ1n) is 5.71. The second-order valence-electron chi connectivity index (χ2n) is 4.47. The van der Waals surface area contributed by atoms with Crippen molar-refractivity contribution in [3.63, 3.8) is 0 Å². The SMILES string of the molecule is CC1CCCN2CCCC([NH+]=[N-])N2C1=O. The second-order valence-corrected chi connectivity index (χ2v) is 4.47. The molecule has 84 valence electrons. The fourth-order valence-corrected chi connectivity index (χ4v) is 2.46. The third-order valence-corrected chi connectivity index (χ3v) is 3.34. The minimum absolute atomic E-state index is 0.0731. The van der Waals surface area contributed by atoms with Gasteiger partial charge in [0.2, 0.25) is 12.1 Å². The maximum atomic E-state index is 12.1. The zero-order chi connectivity index (χ0) is 10.8. The Bertz CT molecular complexity index is 268. The number of fused-ring (bicyclic) bond motifs is 1. The Hall–Kier alpha value is -0.970. The molecule has 1 amide bonds.